The van der Waals surface area contributed by atoms with Gasteiger partial charge in [-0.1, -0.05) is 31.0 Å². The van der Waals surface area contributed by atoms with Crippen LogP contribution in [0.15, 0.2) is 18.2 Å². The van der Waals surface area contributed by atoms with Crippen molar-refractivity contribution >= 4 is 10.0 Å². The van der Waals surface area contributed by atoms with Gasteiger partial charge in [-0.25, -0.2) is 8.42 Å². The predicted molar refractivity (Wildman–Crippen MR) is 111 cm³/mol. The molecule has 1 N–H and O–H groups in total. The second-order valence-corrected chi connectivity index (χ2v) is 10.5. The maximum absolute atomic E-state index is 11.8. The average molecular weight is 394 g/mol. The summed E-state index contributed by atoms with van der Waals surface area (Å²) in [5, 5.41) is 3.45. The number of fused-ring (bicyclic) bond motifs is 1. The Morgan fingerprint density at radius 3 is 2.63 bits per heavy atom. The van der Waals surface area contributed by atoms with Gasteiger partial charge in [-0.2, -0.15) is 4.31 Å². The molecule has 0 amide bonds. The number of rotatable bonds is 7. The van der Waals surface area contributed by atoms with Crippen LogP contribution in [0.2, 0.25) is 0 Å². The van der Waals surface area contributed by atoms with E-state index in [1.807, 2.05) is 0 Å². The maximum atomic E-state index is 11.8. The zero-order chi connectivity index (χ0) is 19.4. The smallest absolute Gasteiger partial charge is 0.211 e. The Kier molecular flexibility index (Phi) is 6.95. The highest BCUT2D eigenvalue weighted by Gasteiger charge is 2.24. The number of hydrogen-bond acceptors (Lipinski definition) is 4. The van der Waals surface area contributed by atoms with Gasteiger partial charge in [0.2, 0.25) is 10.0 Å². The average Bonchev–Trinajstić information content (AvgIpc) is 2.64. The molecule has 2 aliphatic heterocycles. The van der Waals surface area contributed by atoms with E-state index in [2.05, 4.69) is 42.5 Å². The van der Waals surface area contributed by atoms with Crippen molar-refractivity contribution in [2.75, 3.05) is 40.0 Å². The van der Waals surface area contributed by atoms with Crippen LogP contribution in [0.1, 0.15) is 54.8 Å². The van der Waals surface area contributed by atoms with Crippen LogP contribution in [0.4, 0.5) is 0 Å². The van der Waals surface area contributed by atoms with Gasteiger partial charge >= 0.3 is 0 Å². The van der Waals surface area contributed by atoms with E-state index in [4.69, 9.17) is 0 Å². The highest BCUT2D eigenvalue weighted by atomic mass is 32.2. The first kappa shape index (κ1) is 20.8. The van der Waals surface area contributed by atoms with Crippen LogP contribution in [-0.2, 0) is 23.0 Å². The monoisotopic (exact) mass is 393 g/mol. The zero-order valence-electron chi connectivity index (χ0n) is 17.1. The van der Waals surface area contributed by atoms with Crippen LogP contribution < -0.4 is 5.32 Å². The standard InChI is InChI=1S/C21H35N3O2S/c1-23(2)21(6-4-5-17-9-12-22-13-10-17)19-7-8-20-16-24(27(3,25)26)14-11-18(20)15-19/h7-8,15,17,21-22H,4-6,9-14,16H2,1-3H3. The topological polar surface area (TPSA) is 52.6 Å². The molecule has 1 aromatic carbocycles. The molecule has 152 valence electrons. The van der Waals surface area contributed by atoms with Gasteiger partial charge in [-0.15, -0.1) is 0 Å². The van der Waals surface area contributed by atoms with Crippen LogP contribution >= 0.6 is 0 Å². The van der Waals surface area contributed by atoms with Crippen molar-refractivity contribution in [2.45, 2.75) is 51.1 Å². The lowest BCUT2D eigenvalue weighted by Gasteiger charge is -2.30. The summed E-state index contributed by atoms with van der Waals surface area (Å²) in [6.07, 6.45) is 8.55. The molecule has 5 nitrogen and oxygen atoms in total. The largest absolute Gasteiger partial charge is 0.317 e. The summed E-state index contributed by atoms with van der Waals surface area (Å²) in [4.78, 5) is 2.33. The Hall–Kier alpha value is -0.950. The number of piperidine rings is 1. The minimum atomic E-state index is -3.11. The second kappa shape index (κ2) is 9.03. The molecule has 0 aliphatic carbocycles. The number of nitrogens with one attached hydrogen (secondary N) is 1. The molecule has 1 aromatic rings. The maximum Gasteiger partial charge on any atom is 0.211 e. The third kappa shape index (κ3) is 5.53. The third-order valence-electron chi connectivity index (χ3n) is 6.23. The summed E-state index contributed by atoms with van der Waals surface area (Å²) in [6.45, 7) is 3.46. The Morgan fingerprint density at radius 2 is 1.96 bits per heavy atom. The van der Waals surface area contributed by atoms with E-state index in [9.17, 15) is 8.42 Å². The molecule has 0 spiro atoms. The first-order chi connectivity index (χ1) is 12.8. The minimum Gasteiger partial charge on any atom is -0.317 e. The molecule has 6 heteroatoms. The van der Waals surface area contributed by atoms with Crippen LogP contribution in [0.3, 0.4) is 0 Å². The van der Waals surface area contributed by atoms with Gasteiger partial charge in [-0.3, -0.25) is 0 Å². The number of nitrogens with zero attached hydrogens (tertiary/aromatic N) is 2. The van der Waals surface area contributed by atoms with E-state index in [0.717, 1.165) is 17.9 Å². The van der Waals surface area contributed by atoms with Crippen molar-refractivity contribution in [3.8, 4) is 0 Å². The molecule has 0 bridgehead atoms. The number of benzene rings is 1. The van der Waals surface area contributed by atoms with Crippen molar-refractivity contribution in [2.24, 2.45) is 5.92 Å². The lowest BCUT2D eigenvalue weighted by Crippen LogP contribution is -2.35. The van der Waals surface area contributed by atoms with Crippen molar-refractivity contribution in [3.63, 3.8) is 0 Å². The molecular formula is C21H35N3O2S. The fraction of sp³-hybridized carbons (Fsp3) is 0.714. The molecule has 0 radical (unpaired) electrons. The van der Waals surface area contributed by atoms with Gasteiger partial charge in [0, 0.05) is 19.1 Å². The first-order valence-corrected chi connectivity index (χ1v) is 12.1. The highest BCUT2D eigenvalue weighted by Crippen LogP contribution is 2.30. The van der Waals surface area contributed by atoms with Gasteiger partial charge < -0.3 is 10.2 Å². The van der Waals surface area contributed by atoms with Gasteiger partial charge in [0.05, 0.1) is 6.26 Å². The molecule has 1 atom stereocenters. The van der Waals surface area contributed by atoms with Gasteiger partial charge in [0.25, 0.3) is 0 Å². The van der Waals surface area contributed by atoms with Crippen LogP contribution in [0.25, 0.3) is 0 Å². The number of sulfonamides is 1. The van der Waals surface area contributed by atoms with Crippen molar-refractivity contribution in [3.05, 3.63) is 34.9 Å². The van der Waals surface area contributed by atoms with Gasteiger partial charge in [0.15, 0.2) is 0 Å². The van der Waals surface area contributed by atoms with Crippen LogP contribution in [0, 0.1) is 5.92 Å². The molecule has 0 saturated carbocycles. The number of hydrogen-bond donors (Lipinski definition) is 1. The summed E-state index contributed by atoms with van der Waals surface area (Å²) in [5.41, 5.74) is 3.84. The summed E-state index contributed by atoms with van der Waals surface area (Å²) >= 11 is 0. The van der Waals surface area contributed by atoms with Crippen molar-refractivity contribution < 1.29 is 8.42 Å². The molecule has 1 saturated heterocycles. The lowest BCUT2D eigenvalue weighted by molar-refractivity contribution is 0.262. The Morgan fingerprint density at radius 1 is 1.22 bits per heavy atom. The molecule has 3 rings (SSSR count). The normalized spacial score (nSPS) is 20.6. The zero-order valence-corrected chi connectivity index (χ0v) is 17.9. The molecular weight excluding hydrogens is 358 g/mol. The molecule has 27 heavy (non-hydrogen) atoms. The predicted octanol–water partition coefficient (Wildman–Crippen LogP) is 2.78. The fourth-order valence-electron chi connectivity index (χ4n) is 4.53. The summed E-state index contributed by atoms with van der Waals surface area (Å²) in [6, 6.07) is 7.11. The van der Waals surface area contributed by atoms with Crippen molar-refractivity contribution in [1.29, 1.82) is 0 Å². The summed E-state index contributed by atoms with van der Waals surface area (Å²) in [5.74, 6) is 0.888. The van der Waals surface area contributed by atoms with E-state index in [-0.39, 0.29) is 0 Å². The van der Waals surface area contributed by atoms with Gasteiger partial charge in [-0.05, 0) is 75.5 Å². The van der Waals surface area contributed by atoms with Gasteiger partial charge in [0.1, 0.15) is 0 Å². The Balaban J connectivity index is 1.64. The summed E-state index contributed by atoms with van der Waals surface area (Å²) in [7, 11) is 1.22. The minimum absolute atomic E-state index is 0.435. The molecule has 2 aliphatic rings. The first-order valence-electron chi connectivity index (χ1n) is 10.3. The highest BCUT2D eigenvalue weighted by molar-refractivity contribution is 7.88. The third-order valence-corrected chi connectivity index (χ3v) is 7.48. The van der Waals surface area contributed by atoms with E-state index < -0.39 is 10.0 Å². The van der Waals surface area contributed by atoms with E-state index >= 15 is 0 Å². The SMILES string of the molecule is CN(C)C(CCCC1CCNCC1)c1ccc2c(c1)CCN(S(C)(=O)=O)C2. The van der Waals surface area contributed by atoms with E-state index in [0.29, 0.717) is 19.1 Å². The van der Waals surface area contributed by atoms with Crippen LogP contribution in [0.5, 0.6) is 0 Å². The quantitative estimate of drug-likeness (QED) is 0.774. The molecule has 0 aromatic heterocycles. The Labute approximate surface area is 165 Å². The second-order valence-electron chi connectivity index (χ2n) is 8.48. The molecule has 1 fully saturated rings. The molecule has 1 unspecified atom stereocenters. The molecule has 2 heterocycles. The lowest BCUT2D eigenvalue weighted by atomic mass is 9.89. The fourth-order valence-corrected chi connectivity index (χ4v) is 5.33. The summed E-state index contributed by atoms with van der Waals surface area (Å²) < 4.78 is 25.2. The Bertz CT molecular complexity index is 727. The van der Waals surface area contributed by atoms with Crippen LogP contribution in [-0.4, -0.2) is 57.6 Å². The van der Waals surface area contributed by atoms with E-state index in [1.165, 1.54) is 62.6 Å². The van der Waals surface area contributed by atoms with E-state index in [1.54, 1.807) is 4.31 Å². The van der Waals surface area contributed by atoms with Crippen molar-refractivity contribution in [1.82, 2.24) is 14.5 Å².